The minimum atomic E-state index is -0.770. The highest BCUT2D eigenvalue weighted by atomic mass is 16.5. The Balaban J connectivity index is 2.03. The number of nitrogens with one attached hydrogen (secondary N) is 2. The van der Waals surface area contributed by atoms with Gasteiger partial charge >= 0.3 is 0 Å². The zero-order valence-corrected chi connectivity index (χ0v) is 18.0. The van der Waals surface area contributed by atoms with Crippen molar-refractivity contribution in [1.82, 2.24) is 15.5 Å². The van der Waals surface area contributed by atoms with Crippen molar-refractivity contribution in [1.29, 1.82) is 5.26 Å². The third-order valence-electron chi connectivity index (χ3n) is 5.44. The van der Waals surface area contributed by atoms with Crippen LogP contribution in [0.1, 0.15) is 59.8 Å². The Morgan fingerprint density at radius 2 is 2.11 bits per heavy atom. The van der Waals surface area contributed by atoms with E-state index in [2.05, 4.69) is 54.3 Å². The van der Waals surface area contributed by atoms with Gasteiger partial charge < -0.3 is 20.3 Å². The van der Waals surface area contributed by atoms with Gasteiger partial charge in [0, 0.05) is 13.1 Å². The van der Waals surface area contributed by atoms with E-state index in [0.29, 0.717) is 39.0 Å². The summed E-state index contributed by atoms with van der Waals surface area (Å²) in [5.41, 5.74) is -0.642. The van der Waals surface area contributed by atoms with Crippen LogP contribution in [0.2, 0.25) is 0 Å². The van der Waals surface area contributed by atoms with Gasteiger partial charge in [0.15, 0.2) is 0 Å². The van der Waals surface area contributed by atoms with Crippen molar-refractivity contribution < 1.29 is 9.53 Å². The van der Waals surface area contributed by atoms with E-state index in [-0.39, 0.29) is 11.3 Å². The van der Waals surface area contributed by atoms with Crippen LogP contribution in [0, 0.1) is 16.7 Å². The molecule has 0 radical (unpaired) electrons. The van der Waals surface area contributed by atoms with Crippen LogP contribution in [0.3, 0.4) is 0 Å². The molecule has 0 spiro atoms. The molecule has 158 valence electrons. The fourth-order valence-corrected chi connectivity index (χ4v) is 3.66. The van der Waals surface area contributed by atoms with Gasteiger partial charge in [-0.3, -0.25) is 9.79 Å². The van der Waals surface area contributed by atoms with E-state index in [1.807, 2.05) is 0 Å². The second-order valence-electron chi connectivity index (χ2n) is 9.20. The van der Waals surface area contributed by atoms with E-state index >= 15 is 0 Å². The average molecular weight is 392 g/mol. The van der Waals surface area contributed by atoms with Crippen molar-refractivity contribution >= 4 is 11.7 Å². The van der Waals surface area contributed by atoms with Crippen LogP contribution in [-0.4, -0.2) is 67.6 Å². The quantitative estimate of drug-likeness (QED) is 0.693. The van der Waals surface area contributed by atoms with Crippen molar-refractivity contribution in [3.63, 3.8) is 0 Å². The number of aliphatic imine (C=N–C) groups is 1. The lowest BCUT2D eigenvalue weighted by Gasteiger charge is -2.38. The van der Waals surface area contributed by atoms with Crippen molar-refractivity contribution in [2.45, 2.75) is 71.4 Å². The zero-order valence-electron chi connectivity index (χ0n) is 18.0. The number of amides is 1. The Bertz CT molecular complexity index is 583. The molecule has 0 saturated carbocycles. The number of piperidine rings is 1. The monoisotopic (exact) mass is 391 g/mol. The number of hydrogen-bond donors (Lipinski definition) is 2. The smallest absolute Gasteiger partial charge is 0.243 e. The Labute approximate surface area is 169 Å². The average Bonchev–Trinajstić information content (AvgIpc) is 2.67. The number of hydrogen-bond acceptors (Lipinski definition) is 6. The van der Waals surface area contributed by atoms with Crippen molar-refractivity contribution in [2.75, 3.05) is 39.4 Å². The Morgan fingerprint density at radius 1 is 1.39 bits per heavy atom. The number of nitriles is 1. The molecule has 1 amide bonds. The first kappa shape index (κ1) is 22.6. The molecular formula is C21H37N5O2. The Kier molecular flexibility index (Phi) is 8.26. The maximum atomic E-state index is 13.1. The molecule has 2 aliphatic heterocycles. The van der Waals surface area contributed by atoms with Crippen LogP contribution in [-0.2, 0) is 9.53 Å². The first-order valence-corrected chi connectivity index (χ1v) is 10.6. The normalized spacial score (nSPS) is 21.3. The SMILES string of the molecule is CCCN1CCC(C#N)(NC(=O)C(CCC(C)(C)C)NC2=NCCOC2)CC1. The first-order chi connectivity index (χ1) is 13.3. The van der Waals surface area contributed by atoms with Gasteiger partial charge in [0.05, 0.1) is 19.2 Å². The molecule has 7 heteroatoms. The summed E-state index contributed by atoms with van der Waals surface area (Å²) < 4.78 is 5.45. The molecule has 0 aromatic heterocycles. The van der Waals surface area contributed by atoms with E-state index in [1.165, 1.54) is 0 Å². The largest absolute Gasteiger partial charge is 0.372 e. The van der Waals surface area contributed by atoms with Gasteiger partial charge in [0.25, 0.3) is 0 Å². The molecule has 1 unspecified atom stereocenters. The minimum Gasteiger partial charge on any atom is -0.372 e. The molecule has 1 atom stereocenters. The molecule has 0 bridgehead atoms. The Morgan fingerprint density at radius 3 is 2.64 bits per heavy atom. The number of carbonyl (C=O) groups is 1. The van der Waals surface area contributed by atoms with Crippen LogP contribution in [0.5, 0.6) is 0 Å². The van der Waals surface area contributed by atoms with Gasteiger partial charge in [-0.05, 0) is 44.1 Å². The lowest BCUT2D eigenvalue weighted by molar-refractivity contribution is -0.125. The summed E-state index contributed by atoms with van der Waals surface area (Å²) in [6.07, 6.45) is 4.04. The summed E-state index contributed by atoms with van der Waals surface area (Å²) in [6, 6.07) is 2.00. The summed E-state index contributed by atoms with van der Waals surface area (Å²) in [7, 11) is 0. The Hall–Kier alpha value is -1.65. The zero-order chi connectivity index (χ0) is 20.6. The number of nitrogens with zero attached hydrogens (tertiary/aromatic N) is 3. The number of likely N-dealkylation sites (tertiary alicyclic amines) is 1. The summed E-state index contributed by atoms with van der Waals surface area (Å²) in [6.45, 7) is 13.1. The van der Waals surface area contributed by atoms with Crippen molar-refractivity contribution in [3.8, 4) is 6.07 Å². The predicted octanol–water partition coefficient (Wildman–Crippen LogP) is 2.08. The molecule has 2 aliphatic rings. The van der Waals surface area contributed by atoms with Gasteiger partial charge in [-0.1, -0.05) is 27.7 Å². The maximum absolute atomic E-state index is 13.1. The highest BCUT2D eigenvalue weighted by molar-refractivity contribution is 5.91. The molecule has 28 heavy (non-hydrogen) atoms. The molecule has 1 saturated heterocycles. The molecule has 0 aromatic rings. The van der Waals surface area contributed by atoms with E-state index in [1.54, 1.807) is 0 Å². The topological polar surface area (TPSA) is 89.8 Å². The number of ether oxygens (including phenoxy) is 1. The summed E-state index contributed by atoms with van der Waals surface area (Å²) in [5, 5.41) is 16.2. The second-order valence-corrected chi connectivity index (χ2v) is 9.20. The molecule has 2 heterocycles. The number of carbonyl (C=O) groups excluding carboxylic acids is 1. The van der Waals surface area contributed by atoms with Crippen molar-refractivity contribution in [3.05, 3.63) is 0 Å². The van der Waals surface area contributed by atoms with E-state index in [4.69, 9.17) is 4.74 Å². The third-order valence-corrected chi connectivity index (χ3v) is 5.44. The van der Waals surface area contributed by atoms with Crippen LogP contribution < -0.4 is 10.6 Å². The highest BCUT2D eigenvalue weighted by Crippen LogP contribution is 2.24. The fourth-order valence-electron chi connectivity index (χ4n) is 3.66. The third kappa shape index (κ3) is 7.06. The van der Waals surface area contributed by atoms with Gasteiger partial charge in [-0.15, -0.1) is 0 Å². The molecule has 7 nitrogen and oxygen atoms in total. The standard InChI is InChI=1S/C21H37N5O2/c1-5-11-26-12-8-21(16-22,9-13-26)25-19(27)17(6-7-20(2,3)4)24-18-15-28-14-10-23-18/h17H,5-15H2,1-4H3,(H,23,24)(H,25,27). The molecule has 0 aromatic carbocycles. The van der Waals surface area contributed by atoms with E-state index in [9.17, 15) is 10.1 Å². The van der Waals surface area contributed by atoms with Crippen LogP contribution in [0.15, 0.2) is 4.99 Å². The number of rotatable bonds is 7. The summed E-state index contributed by atoms with van der Waals surface area (Å²) in [4.78, 5) is 19.9. The van der Waals surface area contributed by atoms with Crippen LogP contribution in [0.4, 0.5) is 0 Å². The van der Waals surface area contributed by atoms with Crippen molar-refractivity contribution in [2.24, 2.45) is 10.4 Å². The molecule has 2 rings (SSSR count). The lowest BCUT2D eigenvalue weighted by atomic mass is 9.86. The summed E-state index contributed by atoms with van der Waals surface area (Å²) >= 11 is 0. The summed E-state index contributed by atoms with van der Waals surface area (Å²) in [5.74, 6) is 0.618. The predicted molar refractivity (Wildman–Crippen MR) is 111 cm³/mol. The lowest BCUT2D eigenvalue weighted by Crippen LogP contribution is -2.59. The molecular weight excluding hydrogens is 354 g/mol. The van der Waals surface area contributed by atoms with Gasteiger partial charge in [-0.25, -0.2) is 0 Å². The van der Waals surface area contributed by atoms with E-state index < -0.39 is 11.6 Å². The van der Waals surface area contributed by atoms with Crippen LogP contribution >= 0.6 is 0 Å². The second kappa shape index (κ2) is 10.2. The van der Waals surface area contributed by atoms with Gasteiger partial charge in [0.1, 0.15) is 24.0 Å². The molecule has 0 aliphatic carbocycles. The first-order valence-electron chi connectivity index (χ1n) is 10.6. The number of amidine groups is 1. The molecule has 2 N–H and O–H groups in total. The fraction of sp³-hybridized carbons (Fsp3) is 0.857. The highest BCUT2D eigenvalue weighted by Gasteiger charge is 2.38. The molecule has 1 fully saturated rings. The van der Waals surface area contributed by atoms with Gasteiger partial charge in [-0.2, -0.15) is 5.26 Å². The van der Waals surface area contributed by atoms with Crippen LogP contribution in [0.25, 0.3) is 0 Å². The maximum Gasteiger partial charge on any atom is 0.243 e. The van der Waals surface area contributed by atoms with E-state index in [0.717, 1.165) is 38.3 Å². The van der Waals surface area contributed by atoms with Gasteiger partial charge in [0.2, 0.25) is 5.91 Å². The minimum absolute atomic E-state index is 0.108.